The first-order valence-corrected chi connectivity index (χ1v) is 9.96. The molecule has 2 aliphatic heterocycles. The maximum absolute atomic E-state index is 12.9. The number of hydrogen-bond acceptors (Lipinski definition) is 3. The Morgan fingerprint density at radius 2 is 2.11 bits per heavy atom. The van der Waals surface area contributed by atoms with E-state index in [-0.39, 0.29) is 30.1 Å². The van der Waals surface area contributed by atoms with Gasteiger partial charge in [0.05, 0.1) is 0 Å². The Kier molecular flexibility index (Phi) is 4.62. The number of benzene rings is 1. The van der Waals surface area contributed by atoms with E-state index in [0.717, 1.165) is 24.3 Å². The van der Waals surface area contributed by atoms with Gasteiger partial charge in [-0.25, -0.2) is 4.79 Å². The first-order chi connectivity index (χ1) is 12.9. The average Bonchev–Trinajstić information content (AvgIpc) is 3.44. The molecule has 0 aromatic heterocycles. The van der Waals surface area contributed by atoms with Gasteiger partial charge in [0.15, 0.2) is 0 Å². The number of amides is 4. The standard InChI is InChI=1S/C20H24ClN3O3/c1-12-11-24(9-7-13-2-5-15(21)10-16(12)13)17(25)6-8-20(14-3-4-14)18(26)22-19(27)23-20/h2,5,10,12,14H,3-4,6-9,11H2,1H3,(H2,22,23,26,27)/t12?,20-/m0/s1. The number of nitrogens with one attached hydrogen (secondary N) is 2. The topological polar surface area (TPSA) is 78.5 Å². The van der Waals surface area contributed by atoms with E-state index in [2.05, 4.69) is 17.6 Å². The van der Waals surface area contributed by atoms with Gasteiger partial charge in [-0.3, -0.25) is 14.9 Å². The molecule has 1 aromatic carbocycles. The van der Waals surface area contributed by atoms with Gasteiger partial charge in [-0.15, -0.1) is 0 Å². The molecule has 2 fully saturated rings. The molecule has 1 aromatic rings. The second-order valence-corrected chi connectivity index (χ2v) is 8.42. The van der Waals surface area contributed by atoms with Gasteiger partial charge < -0.3 is 10.2 Å². The predicted molar refractivity (Wildman–Crippen MR) is 102 cm³/mol. The number of urea groups is 1. The van der Waals surface area contributed by atoms with E-state index >= 15 is 0 Å². The summed E-state index contributed by atoms with van der Waals surface area (Å²) in [6, 6.07) is 5.49. The molecule has 7 heteroatoms. The van der Waals surface area contributed by atoms with Crippen LogP contribution in [0.25, 0.3) is 0 Å². The molecular formula is C20H24ClN3O3. The first kappa shape index (κ1) is 18.3. The molecule has 4 amide bonds. The van der Waals surface area contributed by atoms with Crippen molar-refractivity contribution < 1.29 is 14.4 Å². The second kappa shape index (κ2) is 6.82. The molecule has 2 heterocycles. The molecule has 27 heavy (non-hydrogen) atoms. The Bertz CT molecular complexity index is 808. The number of rotatable bonds is 4. The minimum atomic E-state index is -0.902. The molecule has 0 bridgehead atoms. The summed E-state index contributed by atoms with van der Waals surface area (Å²) in [6.45, 7) is 3.41. The SMILES string of the molecule is CC1CN(C(=O)CC[C@@]2(C3CC3)NC(=O)NC2=O)CCc2ccc(Cl)cc21. The third-order valence-electron chi connectivity index (χ3n) is 6.11. The summed E-state index contributed by atoms with van der Waals surface area (Å²) < 4.78 is 0. The number of nitrogens with zero attached hydrogens (tertiary/aromatic N) is 1. The van der Waals surface area contributed by atoms with Gasteiger partial charge in [-0.1, -0.05) is 24.6 Å². The minimum absolute atomic E-state index is 0.0368. The molecule has 144 valence electrons. The second-order valence-electron chi connectivity index (χ2n) is 7.99. The largest absolute Gasteiger partial charge is 0.342 e. The van der Waals surface area contributed by atoms with Crippen LogP contribution in [0.1, 0.15) is 49.7 Å². The highest BCUT2D eigenvalue weighted by Gasteiger charge is 2.55. The summed E-state index contributed by atoms with van der Waals surface area (Å²) in [4.78, 5) is 38.8. The van der Waals surface area contributed by atoms with Crippen LogP contribution < -0.4 is 10.6 Å². The number of imide groups is 1. The van der Waals surface area contributed by atoms with Crippen LogP contribution in [0.5, 0.6) is 0 Å². The van der Waals surface area contributed by atoms with Gasteiger partial charge in [0.1, 0.15) is 5.54 Å². The fourth-order valence-corrected chi connectivity index (χ4v) is 4.65. The molecule has 1 saturated carbocycles. The Labute approximate surface area is 163 Å². The van der Waals surface area contributed by atoms with Crippen molar-refractivity contribution in [1.29, 1.82) is 0 Å². The van der Waals surface area contributed by atoms with Gasteiger partial charge in [-0.2, -0.15) is 0 Å². The lowest BCUT2D eigenvalue weighted by atomic mass is 9.87. The number of carbonyl (C=O) groups is 3. The molecule has 6 nitrogen and oxygen atoms in total. The highest BCUT2D eigenvalue weighted by atomic mass is 35.5. The quantitative estimate of drug-likeness (QED) is 0.777. The number of carbonyl (C=O) groups excluding carboxylic acids is 3. The fourth-order valence-electron chi connectivity index (χ4n) is 4.47. The van der Waals surface area contributed by atoms with Crippen molar-refractivity contribution in [3.05, 3.63) is 34.3 Å². The predicted octanol–water partition coefficient (Wildman–Crippen LogP) is 2.60. The van der Waals surface area contributed by atoms with E-state index < -0.39 is 11.6 Å². The van der Waals surface area contributed by atoms with E-state index in [1.54, 1.807) is 0 Å². The monoisotopic (exact) mass is 389 g/mol. The third kappa shape index (κ3) is 3.43. The smallest absolute Gasteiger partial charge is 0.322 e. The van der Waals surface area contributed by atoms with Gasteiger partial charge in [0.25, 0.3) is 5.91 Å². The van der Waals surface area contributed by atoms with E-state index in [4.69, 9.17) is 11.6 Å². The molecule has 0 radical (unpaired) electrons. The number of fused-ring (bicyclic) bond motifs is 1. The molecule has 2 N–H and O–H groups in total. The van der Waals surface area contributed by atoms with E-state index in [1.807, 2.05) is 23.1 Å². The van der Waals surface area contributed by atoms with Crippen molar-refractivity contribution in [1.82, 2.24) is 15.5 Å². The summed E-state index contributed by atoms with van der Waals surface area (Å²) >= 11 is 6.14. The molecule has 1 unspecified atom stereocenters. The fraction of sp³-hybridized carbons (Fsp3) is 0.550. The average molecular weight is 390 g/mol. The van der Waals surface area contributed by atoms with Crippen molar-refractivity contribution >= 4 is 29.4 Å². The lowest BCUT2D eigenvalue weighted by Gasteiger charge is -2.28. The number of hydrogen-bond donors (Lipinski definition) is 2. The maximum atomic E-state index is 12.9. The van der Waals surface area contributed by atoms with Crippen molar-refractivity contribution in [2.75, 3.05) is 13.1 Å². The van der Waals surface area contributed by atoms with Gasteiger partial charge in [0, 0.05) is 24.5 Å². The van der Waals surface area contributed by atoms with Crippen LogP contribution in [0.15, 0.2) is 18.2 Å². The van der Waals surface area contributed by atoms with E-state index in [9.17, 15) is 14.4 Å². The lowest BCUT2D eigenvalue weighted by molar-refractivity contribution is -0.132. The van der Waals surface area contributed by atoms with Crippen LogP contribution in [0.4, 0.5) is 4.79 Å². The summed E-state index contributed by atoms with van der Waals surface area (Å²) in [7, 11) is 0. The summed E-state index contributed by atoms with van der Waals surface area (Å²) in [5.74, 6) is 0.104. The lowest BCUT2D eigenvalue weighted by Crippen LogP contribution is -2.50. The minimum Gasteiger partial charge on any atom is -0.342 e. The summed E-state index contributed by atoms with van der Waals surface area (Å²) in [6.07, 6.45) is 3.25. The van der Waals surface area contributed by atoms with Crippen molar-refractivity contribution in [2.45, 2.75) is 50.5 Å². The molecule has 3 aliphatic rings. The Balaban J connectivity index is 1.43. The molecule has 1 saturated heterocycles. The normalized spacial score (nSPS) is 27.6. The van der Waals surface area contributed by atoms with E-state index in [0.29, 0.717) is 19.5 Å². The molecule has 1 aliphatic carbocycles. The molecule has 2 atom stereocenters. The Morgan fingerprint density at radius 1 is 1.33 bits per heavy atom. The van der Waals surface area contributed by atoms with Gasteiger partial charge >= 0.3 is 6.03 Å². The molecule has 0 spiro atoms. The third-order valence-corrected chi connectivity index (χ3v) is 6.35. The summed E-state index contributed by atoms with van der Waals surface area (Å²) in [5, 5.41) is 5.85. The van der Waals surface area contributed by atoms with Gasteiger partial charge in [0.2, 0.25) is 5.91 Å². The Morgan fingerprint density at radius 3 is 2.78 bits per heavy atom. The zero-order valence-electron chi connectivity index (χ0n) is 15.4. The zero-order valence-corrected chi connectivity index (χ0v) is 16.1. The number of halogens is 1. The van der Waals surface area contributed by atoms with Crippen LogP contribution in [0.2, 0.25) is 5.02 Å². The van der Waals surface area contributed by atoms with Crippen LogP contribution in [0, 0.1) is 5.92 Å². The van der Waals surface area contributed by atoms with E-state index in [1.165, 1.54) is 11.1 Å². The summed E-state index contributed by atoms with van der Waals surface area (Å²) in [5.41, 5.74) is 1.54. The molecular weight excluding hydrogens is 366 g/mol. The van der Waals surface area contributed by atoms with Crippen molar-refractivity contribution in [3.8, 4) is 0 Å². The van der Waals surface area contributed by atoms with Crippen molar-refractivity contribution in [3.63, 3.8) is 0 Å². The Hall–Kier alpha value is -2.08. The van der Waals surface area contributed by atoms with Crippen LogP contribution in [-0.2, 0) is 16.0 Å². The van der Waals surface area contributed by atoms with Crippen molar-refractivity contribution in [2.24, 2.45) is 5.92 Å². The highest BCUT2D eigenvalue weighted by molar-refractivity contribution is 6.30. The maximum Gasteiger partial charge on any atom is 0.322 e. The van der Waals surface area contributed by atoms with Gasteiger partial charge in [-0.05, 0) is 60.8 Å². The first-order valence-electron chi connectivity index (χ1n) is 9.59. The zero-order chi connectivity index (χ0) is 19.2. The van der Waals surface area contributed by atoms with Crippen LogP contribution in [0.3, 0.4) is 0 Å². The van der Waals surface area contributed by atoms with Crippen LogP contribution >= 0.6 is 11.6 Å². The molecule has 4 rings (SSSR count). The van der Waals surface area contributed by atoms with Crippen LogP contribution in [-0.4, -0.2) is 41.4 Å². The highest BCUT2D eigenvalue weighted by Crippen LogP contribution is 2.44.